The summed E-state index contributed by atoms with van der Waals surface area (Å²) in [5, 5.41) is 3.05. The third kappa shape index (κ3) is 2.88. The number of fused-ring (bicyclic) bond motifs is 1. The number of hydrogen-bond acceptors (Lipinski definition) is 2. The summed E-state index contributed by atoms with van der Waals surface area (Å²) in [5.74, 6) is -0.573. The second-order valence-electron chi connectivity index (χ2n) is 5.66. The van der Waals surface area contributed by atoms with Crippen molar-refractivity contribution in [2.24, 2.45) is 0 Å². The second-order valence-corrected chi connectivity index (χ2v) is 6.51. The summed E-state index contributed by atoms with van der Waals surface area (Å²) < 4.78 is 13.8. The van der Waals surface area contributed by atoms with Crippen LogP contribution in [0.15, 0.2) is 22.7 Å². The van der Waals surface area contributed by atoms with E-state index in [2.05, 4.69) is 26.1 Å². The molecule has 108 valence electrons. The fraction of sp³-hybridized carbons (Fsp3) is 0.533. The average molecular weight is 341 g/mol. The number of halogens is 2. The molecular formula is C15H18BrFN2O. The molecule has 2 saturated heterocycles. The summed E-state index contributed by atoms with van der Waals surface area (Å²) in [4.78, 5) is 14.7. The molecule has 2 heterocycles. The maximum atomic E-state index is 13.5. The van der Waals surface area contributed by atoms with Crippen molar-refractivity contribution in [1.29, 1.82) is 0 Å². The standard InChI is InChI=1S/C15H18BrFN2O/c16-13-4-3-10(8-14(13)17)15(20)18-11-5-7-19-6-1-2-12(19)9-11/h3-4,8,11-12H,1-2,5-7,9H2,(H,18,20). The molecule has 2 aliphatic heterocycles. The molecule has 3 nitrogen and oxygen atoms in total. The van der Waals surface area contributed by atoms with Gasteiger partial charge in [-0.25, -0.2) is 4.39 Å². The molecule has 5 heteroatoms. The predicted octanol–water partition coefficient (Wildman–Crippen LogP) is 2.94. The SMILES string of the molecule is O=C(NC1CCN2CCCC2C1)c1ccc(Br)c(F)c1. The number of piperidine rings is 1. The molecule has 3 rings (SSSR count). The Morgan fingerprint density at radius 1 is 1.35 bits per heavy atom. The first-order valence-corrected chi connectivity index (χ1v) is 7.93. The Balaban J connectivity index is 1.62. The van der Waals surface area contributed by atoms with Crippen molar-refractivity contribution < 1.29 is 9.18 Å². The third-order valence-corrected chi connectivity index (χ3v) is 4.98. The van der Waals surface area contributed by atoms with Gasteiger partial charge in [0.25, 0.3) is 5.91 Å². The van der Waals surface area contributed by atoms with E-state index in [1.54, 1.807) is 12.1 Å². The molecule has 2 atom stereocenters. The maximum Gasteiger partial charge on any atom is 0.251 e. The molecule has 1 amide bonds. The highest BCUT2D eigenvalue weighted by Crippen LogP contribution is 2.27. The molecule has 1 aromatic carbocycles. The van der Waals surface area contributed by atoms with E-state index in [1.807, 2.05) is 0 Å². The third-order valence-electron chi connectivity index (χ3n) is 4.34. The highest BCUT2D eigenvalue weighted by atomic mass is 79.9. The first-order chi connectivity index (χ1) is 9.63. The van der Waals surface area contributed by atoms with Crippen LogP contribution >= 0.6 is 15.9 Å². The van der Waals surface area contributed by atoms with Crippen LogP contribution in [0, 0.1) is 5.82 Å². The van der Waals surface area contributed by atoms with Crippen molar-refractivity contribution in [3.63, 3.8) is 0 Å². The Bertz CT molecular complexity index is 523. The summed E-state index contributed by atoms with van der Waals surface area (Å²) in [6.07, 6.45) is 4.51. The number of nitrogens with one attached hydrogen (secondary N) is 1. The molecule has 0 aromatic heterocycles. The van der Waals surface area contributed by atoms with Crippen LogP contribution in [-0.2, 0) is 0 Å². The minimum Gasteiger partial charge on any atom is -0.349 e. The lowest BCUT2D eigenvalue weighted by Gasteiger charge is -2.35. The first-order valence-electron chi connectivity index (χ1n) is 7.13. The lowest BCUT2D eigenvalue weighted by molar-refractivity contribution is 0.0895. The lowest BCUT2D eigenvalue weighted by atomic mass is 9.97. The van der Waals surface area contributed by atoms with Gasteiger partial charge in [-0.05, 0) is 66.4 Å². The Morgan fingerprint density at radius 2 is 2.20 bits per heavy atom. The smallest absolute Gasteiger partial charge is 0.251 e. The Kier molecular flexibility index (Phi) is 4.08. The molecular weight excluding hydrogens is 323 g/mol. The van der Waals surface area contributed by atoms with Crippen LogP contribution in [0.3, 0.4) is 0 Å². The van der Waals surface area contributed by atoms with Gasteiger partial charge in [0.15, 0.2) is 0 Å². The number of carbonyl (C=O) groups is 1. The molecule has 0 radical (unpaired) electrons. The topological polar surface area (TPSA) is 32.3 Å². The van der Waals surface area contributed by atoms with Gasteiger partial charge in [-0.3, -0.25) is 4.79 Å². The maximum absolute atomic E-state index is 13.5. The summed E-state index contributed by atoms with van der Waals surface area (Å²) in [5.41, 5.74) is 0.388. The molecule has 0 saturated carbocycles. The fourth-order valence-corrected chi connectivity index (χ4v) is 3.51. The van der Waals surface area contributed by atoms with E-state index in [0.29, 0.717) is 16.1 Å². The summed E-state index contributed by atoms with van der Waals surface area (Å²) >= 11 is 3.10. The zero-order valence-electron chi connectivity index (χ0n) is 11.2. The molecule has 0 spiro atoms. The minimum atomic E-state index is -0.400. The van der Waals surface area contributed by atoms with E-state index in [4.69, 9.17) is 0 Å². The first kappa shape index (κ1) is 14.0. The van der Waals surface area contributed by atoms with Crippen molar-refractivity contribution in [3.8, 4) is 0 Å². The van der Waals surface area contributed by atoms with Crippen LogP contribution in [0.25, 0.3) is 0 Å². The van der Waals surface area contributed by atoms with Gasteiger partial charge in [0.05, 0.1) is 4.47 Å². The average Bonchev–Trinajstić information content (AvgIpc) is 2.89. The number of rotatable bonds is 2. The van der Waals surface area contributed by atoms with Crippen LogP contribution in [0.4, 0.5) is 4.39 Å². The highest BCUT2D eigenvalue weighted by Gasteiger charge is 2.32. The van der Waals surface area contributed by atoms with Gasteiger partial charge in [0.2, 0.25) is 0 Å². The largest absolute Gasteiger partial charge is 0.349 e. The number of nitrogens with zero attached hydrogens (tertiary/aromatic N) is 1. The van der Waals surface area contributed by atoms with E-state index < -0.39 is 5.82 Å². The van der Waals surface area contributed by atoms with E-state index in [1.165, 1.54) is 25.5 Å². The Hall–Kier alpha value is -0.940. The predicted molar refractivity (Wildman–Crippen MR) is 79.2 cm³/mol. The summed E-state index contributed by atoms with van der Waals surface area (Å²) in [6.45, 7) is 2.26. The van der Waals surface area contributed by atoms with Crippen molar-refractivity contribution >= 4 is 21.8 Å². The number of benzene rings is 1. The fourth-order valence-electron chi connectivity index (χ4n) is 3.26. The van der Waals surface area contributed by atoms with Crippen molar-refractivity contribution in [3.05, 3.63) is 34.1 Å². The number of hydrogen-bond donors (Lipinski definition) is 1. The van der Waals surface area contributed by atoms with E-state index >= 15 is 0 Å². The molecule has 2 fully saturated rings. The second kappa shape index (κ2) is 5.82. The molecule has 0 bridgehead atoms. The number of carbonyl (C=O) groups excluding carboxylic acids is 1. The summed E-state index contributed by atoms with van der Waals surface area (Å²) in [6, 6.07) is 5.34. The zero-order chi connectivity index (χ0) is 14.1. The van der Waals surface area contributed by atoms with Crippen LogP contribution in [0.5, 0.6) is 0 Å². The minimum absolute atomic E-state index is 0.173. The van der Waals surface area contributed by atoms with E-state index in [0.717, 1.165) is 19.4 Å². The molecule has 1 aromatic rings. The Morgan fingerprint density at radius 3 is 3.00 bits per heavy atom. The van der Waals surface area contributed by atoms with Crippen LogP contribution in [0.1, 0.15) is 36.0 Å². The van der Waals surface area contributed by atoms with Crippen molar-refractivity contribution in [2.75, 3.05) is 13.1 Å². The zero-order valence-corrected chi connectivity index (χ0v) is 12.8. The monoisotopic (exact) mass is 340 g/mol. The van der Waals surface area contributed by atoms with E-state index in [9.17, 15) is 9.18 Å². The molecule has 2 aliphatic rings. The van der Waals surface area contributed by atoms with Gasteiger partial charge in [-0.2, -0.15) is 0 Å². The molecule has 0 aliphatic carbocycles. The molecule has 20 heavy (non-hydrogen) atoms. The van der Waals surface area contributed by atoms with Gasteiger partial charge < -0.3 is 10.2 Å². The lowest BCUT2D eigenvalue weighted by Crippen LogP contribution is -2.47. The normalized spacial score (nSPS) is 26.3. The van der Waals surface area contributed by atoms with E-state index in [-0.39, 0.29) is 11.9 Å². The summed E-state index contributed by atoms with van der Waals surface area (Å²) in [7, 11) is 0. The van der Waals surface area contributed by atoms with Gasteiger partial charge in [0.1, 0.15) is 5.82 Å². The molecule has 1 N–H and O–H groups in total. The van der Waals surface area contributed by atoms with Crippen molar-refractivity contribution in [2.45, 2.75) is 37.8 Å². The van der Waals surface area contributed by atoms with Crippen molar-refractivity contribution in [1.82, 2.24) is 10.2 Å². The highest BCUT2D eigenvalue weighted by molar-refractivity contribution is 9.10. The van der Waals surface area contributed by atoms with Crippen LogP contribution < -0.4 is 5.32 Å². The van der Waals surface area contributed by atoms with Crippen LogP contribution in [-0.4, -0.2) is 36.0 Å². The molecule has 2 unspecified atom stereocenters. The Labute approximate surface area is 126 Å². The van der Waals surface area contributed by atoms with Crippen LogP contribution in [0.2, 0.25) is 0 Å². The van der Waals surface area contributed by atoms with Gasteiger partial charge in [-0.1, -0.05) is 0 Å². The van der Waals surface area contributed by atoms with Gasteiger partial charge in [-0.15, -0.1) is 0 Å². The van der Waals surface area contributed by atoms with Gasteiger partial charge >= 0.3 is 0 Å². The number of amides is 1. The van der Waals surface area contributed by atoms with Gasteiger partial charge in [0, 0.05) is 24.2 Å². The quantitative estimate of drug-likeness (QED) is 0.897.